The molecule has 1 spiro atoms. The first-order valence-electron chi connectivity index (χ1n) is 19.4. The highest BCUT2D eigenvalue weighted by Crippen LogP contribution is 2.49. The molecule has 0 atom stereocenters. The van der Waals surface area contributed by atoms with Crippen molar-refractivity contribution in [1.82, 2.24) is 34.9 Å². The Hall–Kier alpha value is -3.88. The van der Waals surface area contributed by atoms with Crippen molar-refractivity contribution in [3.63, 3.8) is 0 Å². The Labute approximate surface area is 313 Å². The highest BCUT2D eigenvalue weighted by atomic mass is 16.6. The molecule has 4 aliphatic rings. The number of carbonyl (C=O) groups excluding carboxylic acids is 4. The molecule has 53 heavy (non-hydrogen) atoms. The van der Waals surface area contributed by atoms with Crippen LogP contribution in [0.15, 0.2) is 17.1 Å². The third-order valence-electron chi connectivity index (χ3n) is 11.0. The molecular weight excluding hydrogens is 680 g/mol. The Morgan fingerprint density at radius 2 is 1.38 bits per heavy atom. The minimum Gasteiger partial charge on any atom is -0.444 e. The molecule has 2 saturated heterocycles. The van der Waals surface area contributed by atoms with Crippen LogP contribution in [0.4, 0.5) is 20.2 Å². The van der Waals surface area contributed by atoms with Gasteiger partial charge in [0.05, 0.1) is 0 Å². The zero-order chi connectivity index (χ0) is 38.8. The minimum atomic E-state index is -1.18. The monoisotopic (exact) mass is 742 g/mol. The number of nitrogens with one attached hydrogen (secondary N) is 3. The number of piperidine rings is 1. The summed E-state index contributed by atoms with van der Waals surface area (Å²) in [5.41, 5.74) is -2.37. The lowest BCUT2D eigenvalue weighted by molar-refractivity contribution is -0.138. The summed E-state index contributed by atoms with van der Waals surface area (Å²) in [5.74, 6) is 0.544. The number of ether oxygens (including phenoxy) is 2. The van der Waals surface area contributed by atoms with E-state index in [2.05, 4.69) is 25.8 Å². The summed E-state index contributed by atoms with van der Waals surface area (Å²) < 4.78 is 12.4. The Bertz CT molecular complexity index is 1530. The highest BCUT2D eigenvalue weighted by molar-refractivity contribution is 5.90. The molecule has 4 fully saturated rings. The molecule has 0 bridgehead atoms. The molecule has 5 amide bonds. The van der Waals surface area contributed by atoms with Crippen molar-refractivity contribution < 1.29 is 28.7 Å². The smallest absolute Gasteiger partial charge is 0.408 e. The van der Waals surface area contributed by atoms with Crippen molar-refractivity contribution in [2.75, 3.05) is 51.1 Å². The van der Waals surface area contributed by atoms with E-state index in [1.807, 2.05) is 20.8 Å². The van der Waals surface area contributed by atoms with Crippen LogP contribution < -0.4 is 21.6 Å². The zero-order valence-corrected chi connectivity index (χ0v) is 33.1. The number of amides is 5. The summed E-state index contributed by atoms with van der Waals surface area (Å²) in [6.45, 7) is 18.6. The van der Waals surface area contributed by atoms with Crippen LogP contribution in [0.1, 0.15) is 113 Å². The number of alkyl carbamates (subject to hydrolysis) is 2. The van der Waals surface area contributed by atoms with Crippen molar-refractivity contribution >= 4 is 29.9 Å². The van der Waals surface area contributed by atoms with Crippen molar-refractivity contribution in [1.29, 1.82) is 0 Å². The Balaban J connectivity index is 1.00. The first-order chi connectivity index (χ1) is 24.7. The van der Waals surface area contributed by atoms with Gasteiger partial charge in [0.2, 0.25) is 5.91 Å². The van der Waals surface area contributed by atoms with Gasteiger partial charge in [0.25, 0.3) is 0 Å². The van der Waals surface area contributed by atoms with E-state index in [0.717, 1.165) is 58.2 Å². The summed E-state index contributed by atoms with van der Waals surface area (Å²) in [7, 11) is 0. The average molecular weight is 743 g/mol. The number of hydrogen-bond acceptors (Lipinski definition) is 9. The second kappa shape index (κ2) is 15.8. The fraction of sp³-hybridized carbons (Fsp3) is 0.789. The third kappa shape index (κ3) is 11.1. The number of likely N-dealkylation sites (tertiary alicyclic amines) is 1. The fourth-order valence-corrected chi connectivity index (χ4v) is 8.22. The Morgan fingerprint density at radius 3 is 1.94 bits per heavy atom. The first kappa shape index (κ1) is 40.3. The SMILES string of the molecule is CC(C)(C)OC(=O)NC1CC2(CCN(C[C@H]3CC[C@H](n4ccc(NC(=O)N5CCN(C(=O)C(C)(C)NC(=O)OC(C)(C)C)CC5)nc4=O)CC3)CC2)C1. The van der Waals surface area contributed by atoms with Crippen LogP contribution in [0.5, 0.6) is 0 Å². The Morgan fingerprint density at radius 1 is 0.811 bits per heavy atom. The number of urea groups is 1. The first-order valence-corrected chi connectivity index (χ1v) is 19.4. The third-order valence-corrected chi connectivity index (χ3v) is 11.0. The van der Waals surface area contributed by atoms with E-state index in [-0.39, 0.29) is 41.6 Å². The number of aromatic nitrogens is 2. The summed E-state index contributed by atoms with van der Waals surface area (Å²) in [6, 6.07) is 1.59. The van der Waals surface area contributed by atoms with E-state index in [9.17, 15) is 24.0 Å². The number of anilines is 1. The van der Waals surface area contributed by atoms with Crippen molar-refractivity contribution in [3.8, 4) is 0 Å². The molecule has 15 nitrogen and oxygen atoms in total. The molecule has 1 aromatic heterocycles. The maximum atomic E-state index is 13.2. The Kier molecular flexibility index (Phi) is 12.0. The van der Waals surface area contributed by atoms with Crippen LogP contribution in [0.25, 0.3) is 0 Å². The molecule has 0 aromatic carbocycles. The average Bonchev–Trinajstić information content (AvgIpc) is 3.03. The van der Waals surface area contributed by atoms with Gasteiger partial charge in [-0.25, -0.2) is 19.2 Å². The van der Waals surface area contributed by atoms with E-state index < -0.39 is 22.8 Å². The normalized spacial score (nSPS) is 22.8. The van der Waals surface area contributed by atoms with Crippen LogP contribution in [-0.2, 0) is 14.3 Å². The summed E-state index contributed by atoms with van der Waals surface area (Å²) in [4.78, 5) is 73.6. The molecule has 5 rings (SSSR count). The standard InChI is InChI=1S/C38H62N8O7/c1-35(2,3)52-33(50)39-27-23-38(24-27)14-17-43(18-15-38)25-26-9-11-28(12-10-26)46-16-13-29(41-32(46)49)40-31(48)45-21-19-44(20-22-45)30(47)37(7,8)42-34(51)53-36(4,5)6/h13,16,26-28H,9-12,14-15,17-25H2,1-8H3,(H,39,50)(H,42,51)(H,40,41,48,49)/t26-,28-. The molecule has 296 valence electrons. The van der Waals surface area contributed by atoms with E-state index in [1.54, 1.807) is 61.2 Å². The summed E-state index contributed by atoms with van der Waals surface area (Å²) >= 11 is 0. The predicted molar refractivity (Wildman–Crippen MR) is 201 cm³/mol. The van der Waals surface area contributed by atoms with Gasteiger partial charge in [-0.2, -0.15) is 4.98 Å². The number of carbonyl (C=O) groups is 4. The zero-order valence-electron chi connectivity index (χ0n) is 33.1. The van der Waals surface area contributed by atoms with Gasteiger partial charge in [-0.05, 0) is 137 Å². The van der Waals surface area contributed by atoms with Gasteiger partial charge in [-0.3, -0.25) is 14.7 Å². The van der Waals surface area contributed by atoms with E-state index >= 15 is 0 Å². The van der Waals surface area contributed by atoms with Crippen LogP contribution in [0.3, 0.4) is 0 Å². The van der Waals surface area contributed by atoms with E-state index in [0.29, 0.717) is 37.5 Å². The van der Waals surface area contributed by atoms with E-state index in [1.165, 1.54) is 12.8 Å². The summed E-state index contributed by atoms with van der Waals surface area (Å²) in [6.07, 6.45) is 9.11. The predicted octanol–water partition coefficient (Wildman–Crippen LogP) is 4.72. The molecule has 3 N–H and O–H groups in total. The molecule has 1 aromatic rings. The van der Waals surface area contributed by atoms with Gasteiger partial charge >= 0.3 is 23.9 Å². The quantitative estimate of drug-likeness (QED) is 0.358. The topological polar surface area (TPSA) is 167 Å². The number of piperazine rings is 1. The molecule has 2 aliphatic heterocycles. The largest absolute Gasteiger partial charge is 0.444 e. The minimum absolute atomic E-state index is 0.0877. The fourth-order valence-electron chi connectivity index (χ4n) is 8.22. The molecule has 0 unspecified atom stereocenters. The van der Waals surface area contributed by atoms with Crippen LogP contribution in [0, 0.1) is 11.3 Å². The van der Waals surface area contributed by atoms with Crippen molar-refractivity contribution in [3.05, 3.63) is 22.7 Å². The number of nitrogens with zero attached hydrogens (tertiary/aromatic N) is 5. The van der Waals surface area contributed by atoms with Gasteiger partial charge in [0.1, 0.15) is 22.6 Å². The van der Waals surface area contributed by atoms with Crippen LogP contribution in [-0.4, -0.2) is 117 Å². The lowest BCUT2D eigenvalue weighted by Crippen LogP contribution is -2.60. The highest BCUT2D eigenvalue weighted by Gasteiger charge is 2.47. The molecule has 15 heteroatoms. The maximum Gasteiger partial charge on any atom is 0.408 e. The van der Waals surface area contributed by atoms with Crippen LogP contribution in [0.2, 0.25) is 0 Å². The van der Waals surface area contributed by atoms with Gasteiger partial charge in [0.15, 0.2) is 0 Å². The van der Waals surface area contributed by atoms with Gasteiger partial charge in [0, 0.05) is 51.0 Å². The van der Waals surface area contributed by atoms with Crippen molar-refractivity contribution in [2.24, 2.45) is 11.3 Å². The molecule has 0 radical (unpaired) electrons. The van der Waals surface area contributed by atoms with Crippen molar-refractivity contribution in [2.45, 2.75) is 136 Å². The lowest BCUT2D eigenvalue weighted by atomic mass is 9.60. The molecular formula is C38H62N8O7. The van der Waals surface area contributed by atoms with Crippen LogP contribution >= 0.6 is 0 Å². The molecule has 3 heterocycles. The second-order valence-corrected chi connectivity index (χ2v) is 18.2. The number of hydrogen-bond donors (Lipinski definition) is 3. The van der Waals surface area contributed by atoms with Gasteiger partial charge in [-0.15, -0.1) is 0 Å². The molecule has 2 saturated carbocycles. The summed E-state index contributed by atoms with van der Waals surface area (Å²) in [5, 5.41) is 8.43. The lowest BCUT2D eigenvalue weighted by Gasteiger charge is -2.52. The van der Waals surface area contributed by atoms with Gasteiger partial charge in [-0.1, -0.05) is 0 Å². The van der Waals surface area contributed by atoms with Gasteiger partial charge < -0.3 is 34.8 Å². The number of rotatable bonds is 7. The molecule has 2 aliphatic carbocycles. The maximum absolute atomic E-state index is 13.2. The second-order valence-electron chi connectivity index (χ2n) is 18.2. The van der Waals surface area contributed by atoms with E-state index in [4.69, 9.17) is 9.47 Å².